The number of aromatic nitrogens is 2. The first-order chi connectivity index (χ1) is 28.5. The van der Waals surface area contributed by atoms with Crippen molar-refractivity contribution in [1.29, 1.82) is 0 Å². The molecule has 2 aliphatic carbocycles. The SMILES string of the molecule is COC[C@@H]1CCCC/C=C\[C@H]2C[C@]2(C(=O)NS(=O)(=O)C2CC2)NC(=O)[C@@H]2C[C@@H](Oc3nc4cc(OC)ccc4nc3C(F)(F)F)CN2C(=O)[C@H]1NC(=O)OC(C)(C)C(F)(F)F. The van der Waals surface area contributed by atoms with Gasteiger partial charge in [-0.25, -0.2) is 23.2 Å². The number of methoxy groups -OCH3 is 2. The number of rotatable bonds is 10. The van der Waals surface area contributed by atoms with Gasteiger partial charge in [-0.15, -0.1) is 0 Å². The van der Waals surface area contributed by atoms with Crippen LogP contribution in [0.25, 0.3) is 11.0 Å². The third kappa shape index (κ3) is 10.1. The highest BCUT2D eigenvalue weighted by atomic mass is 32.2. The number of sulfonamides is 1. The van der Waals surface area contributed by atoms with Crippen molar-refractivity contribution < 1.29 is 72.9 Å². The van der Waals surface area contributed by atoms with Crippen molar-refractivity contribution in [2.24, 2.45) is 11.8 Å². The number of hydrogen-bond acceptors (Lipinski definition) is 12. The standard InChI is InChI=1S/C38H46F6N6O10S/c1-35(2,38(42,43)44)60-34(54)47-28-20(19-57-3)9-7-5-6-8-10-21-17-36(21,33(53)49-61(55,56)24-12-13-24)48-30(51)27-16-23(18-50(27)32(28)52)59-31-29(37(39,40)41)45-25-14-11-22(58-4)15-26(25)46-31/h8,10-11,14-15,20-21,23-24,27-28H,5-7,9,12-13,16-19H2,1-4H3,(H,47,54)(H,48,51)(H,49,53)/b10-8-/t20-,21-,23+,27-,28-,36-/m0/s1. The summed E-state index contributed by atoms with van der Waals surface area (Å²) in [6, 6.07) is 0.558. The Hall–Kier alpha value is -4.93. The molecule has 4 amide bonds. The van der Waals surface area contributed by atoms with E-state index in [2.05, 4.69) is 25.3 Å². The first-order valence-corrected chi connectivity index (χ1v) is 21.0. The fraction of sp³-hybridized carbons (Fsp3) is 0.632. The second-order valence-corrected chi connectivity index (χ2v) is 18.1. The molecule has 61 heavy (non-hydrogen) atoms. The van der Waals surface area contributed by atoms with Crippen LogP contribution in [0, 0.1) is 11.8 Å². The number of halogens is 6. The Balaban J connectivity index is 1.39. The number of allylic oxidation sites excluding steroid dienone is 1. The van der Waals surface area contributed by atoms with Gasteiger partial charge in [0.15, 0.2) is 0 Å². The highest BCUT2D eigenvalue weighted by molar-refractivity contribution is 7.91. The zero-order valence-electron chi connectivity index (χ0n) is 33.5. The van der Waals surface area contributed by atoms with Crippen LogP contribution in [0.2, 0.25) is 0 Å². The Bertz CT molecular complexity index is 2170. The topological polar surface area (TPSA) is 204 Å². The molecule has 1 aromatic heterocycles. The molecule has 1 aromatic carbocycles. The highest BCUT2D eigenvalue weighted by Gasteiger charge is 2.62. The average molecular weight is 893 g/mol. The average Bonchev–Trinajstić information content (AvgIpc) is 4.09. The lowest BCUT2D eigenvalue weighted by Crippen LogP contribution is -2.60. The second kappa shape index (κ2) is 17.1. The molecule has 6 rings (SSSR count). The molecule has 2 saturated carbocycles. The van der Waals surface area contributed by atoms with Gasteiger partial charge < -0.3 is 34.5 Å². The second-order valence-electron chi connectivity index (χ2n) is 16.1. The van der Waals surface area contributed by atoms with Crippen LogP contribution in [0.5, 0.6) is 11.6 Å². The van der Waals surface area contributed by atoms with E-state index in [4.69, 9.17) is 18.9 Å². The summed E-state index contributed by atoms with van der Waals surface area (Å²) in [6.45, 7) is 0.348. The van der Waals surface area contributed by atoms with Gasteiger partial charge in [0.25, 0.3) is 5.91 Å². The fourth-order valence-electron chi connectivity index (χ4n) is 7.41. The number of carbonyl (C=O) groups excluding carboxylic acids is 4. The highest BCUT2D eigenvalue weighted by Crippen LogP contribution is 2.46. The molecule has 23 heteroatoms. The van der Waals surface area contributed by atoms with Gasteiger partial charge in [-0.3, -0.25) is 19.1 Å². The number of amides is 4. The molecule has 3 N–H and O–H groups in total. The van der Waals surface area contributed by atoms with Gasteiger partial charge in [0, 0.05) is 31.4 Å². The van der Waals surface area contributed by atoms with Crippen molar-refractivity contribution in [3.63, 3.8) is 0 Å². The van der Waals surface area contributed by atoms with E-state index in [1.54, 1.807) is 12.2 Å². The Morgan fingerprint density at radius 3 is 2.38 bits per heavy atom. The first kappa shape index (κ1) is 45.6. The number of nitrogens with one attached hydrogen (secondary N) is 3. The third-order valence-corrected chi connectivity index (χ3v) is 13.0. The van der Waals surface area contributed by atoms with E-state index in [0.717, 1.165) is 4.90 Å². The van der Waals surface area contributed by atoms with E-state index in [1.165, 1.54) is 32.4 Å². The van der Waals surface area contributed by atoms with Crippen LogP contribution in [-0.4, -0.2) is 115 Å². The molecule has 2 aromatic rings. The molecule has 3 heterocycles. The number of benzene rings is 1. The zero-order chi connectivity index (χ0) is 44.7. The van der Waals surface area contributed by atoms with Gasteiger partial charge in [0.1, 0.15) is 29.5 Å². The molecular formula is C38H46F6N6O10S. The number of carbonyl (C=O) groups is 4. The van der Waals surface area contributed by atoms with E-state index in [0.29, 0.717) is 46.0 Å². The minimum absolute atomic E-state index is 0.0339. The van der Waals surface area contributed by atoms with E-state index in [1.807, 2.05) is 0 Å². The molecule has 1 saturated heterocycles. The van der Waals surface area contributed by atoms with Crippen LogP contribution in [0.15, 0.2) is 30.4 Å². The Morgan fingerprint density at radius 2 is 1.74 bits per heavy atom. The lowest BCUT2D eigenvalue weighted by molar-refractivity contribution is -0.244. The van der Waals surface area contributed by atoms with Crippen LogP contribution < -0.4 is 24.8 Å². The Labute approximate surface area is 346 Å². The minimum Gasteiger partial charge on any atom is -0.497 e. The van der Waals surface area contributed by atoms with Crippen LogP contribution in [-0.2, 0) is 40.1 Å². The van der Waals surface area contributed by atoms with Crippen molar-refractivity contribution in [2.75, 3.05) is 27.4 Å². The lowest BCUT2D eigenvalue weighted by atomic mass is 9.92. The molecule has 0 bridgehead atoms. The number of ether oxygens (including phenoxy) is 4. The summed E-state index contributed by atoms with van der Waals surface area (Å²) >= 11 is 0. The zero-order valence-corrected chi connectivity index (χ0v) is 34.3. The van der Waals surface area contributed by atoms with Crippen molar-refractivity contribution in [3.8, 4) is 11.6 Å². The monoisotopic (exact) mass is 892 g/mol. The minimum atomic E-state index is -5.10. The molecule has 16 nitrogen and oxygen atoms in total. The molecule has 4 aliphatic rings. The van der Waals surface area contributed by atoms with E-state index < -0.39 is 117 Å². The third-order valence-electron chi connectivity index (χ3n) is 11.2. The number of nitrogens with zero attached hydrogens (tertiary/aromatic N) is 3. The lowest BCUT2D eigenvalue weighted by Gasteiger charge is -2.34. The van der Waals surface area contributed by atoms with Crippen LogP contribution in [0.3, 0.4) is 0 Å². The predicted octanol–water partition coefficient (Wildman–Crippen LogP) is 4.32. The van der Waals surface area contributed by atoms with Gasteiger partial charge in [0.2, 0.25) is 39.0 Å². The Kier molecular flexibility index (Phi) is 12.8. The summed E-state index contributed by atoms with van der Waals surface area (Å²) in [6.07, 6.45) is -8.23. The first-order valence-electron chi connectivity index (χ1n) is 19.5. The molecule has 0 spiro atoms. The summed E-state index contributed by atoms with van der Waals surface area (Å²) in [5.74, 6) is -5.51. The van der Waals surface area contributed by atoms with E-state index >= 15 is 0 Å². The summed E-state index contributed by atoms with van der Waals surface area (Å²) in [7, 11) is -1.48. The molecule has 336 valence electrons. The predicted molar refractivity (Wildman–Crippen MR) is 201 cm³/mol. The molecule has 6 atom stereocenters. The molecular weight excluding hydrogens is 847 g/mol. The summed E-state index contributed by atoms with van der Waals surface area (Å²) in [5.41, 5.74) is -6.56. The number of fused-ring (bicyclic) bond motifs is 3. The number of hydrogen-bond donors (Lipinski definition) is 3. The number of alkyl halides is 6. The Morgan fingerprint density at radius 1 is 1.02 bits per heavy atom. The largest absolute Gasteiger partial charge is 0.497 e. The fourth-order valence-corrected chi connectivity index (χ4v) is 8.77. The molecule has 3 fully saturated rings. The quantitative estimate of drug-likeness (QED) is 0.226. The smallest absolute Gasteiger partial charge is 0.438 e. The summed E-state index contributed by atoms with van der Waals surface area (Å²) in [5, 5.41) is 4.04. The maximum Gasteiger partial charge on any atom is 0.438 e. The van der Waals surface area contributed by atoms with Crippen molar-refractivity contribution in [2.45, 2.75) is 112 Å². The molecule has 2 aliphatic heterocycles. The van der Waals surface area contributed by atoms with Crippen LogP contribution >= 0.6 is 0 Å². The van der Waals surface area contributed by atoms with Crippen LogP contribution in [0.1, 0.15) is 70.9 Å². The normalized spacial score (nSPS) is 27.1. The van der Waals surface area contributed by atoms with Crippen molar-refractivity contribution >= 4 is 44.9 Å². The summed E-state index contributed by atoms with van der Waals surface area (Å²) in [4.78, 5) is 64.8. The maximum absolute atomic E-state index is 14.8. The van der Waals surface area contributed by atoms with Gasteiger partial charge in [-0.1, -0.05) is 18.6 Å². The summed E-state index contributed by atoms with van der Waals surface area (Å²) < 4.78 is 133. The molecule has 0 radical (unpaired) electrons. The van der Waals surface area contributed by atoms with Crippen molar-refractivity contribution in [1.82, 2.24) is 30.2 Å². The van der Waals surface area contributed by atoms with Crippen molar-refractivity contribution in [3.05, 3.63) is 36.0 Å². The van der Waals surface area contributed by atoms with Crippen LogP contribution in [0.4, 0.5) is 31.1 Å². The molecule has 0 unspecified atom stereocenters. The number of alkyl carbamates (subject to hydrolysis) is 1. The van der Waals surface area contributed by atoms with E-state index in [-0.39, 0.29) is 36.2 Å². The van der Waals surface area contributed by atoms with E-state index in [9.17, 15) is 53.9 Å². The van der Waals surface area contributed by atoms with Gasteiger partial charge in [0.05, 0.1) is 36.5 Å². The van der Waals surface area contributed by atoms with Gasteiger partial charge in [-0.2, -0.15) is 26.3 Å². The maximum atomic E-state index is 14.8. The van der Waals surface area contributed by atoms with Gasteiger partial charge >= 0.3 is 18.4 Å². The van der Waals surface area contributed by atoms with Gasteiger partial charge in [-0.05, 0) is 64.5 Å².